The zero-order valence-electron chi connectivity index (χ0n) is 20.4. The standard InChI is InChI=1S/C30H31N3O3/c1-30(19-24-20-32-27-14-8-7-13-26(24)27,28(34)31-16-15-21-9-3-2-4-10-21)36-29(35)33-25-17-22-11-5-6-12-23(22)18-25/h2-14,20,25,32H,15-19H2,1H3,(H,31,34)(H,33,35). The lowest BCUT2D eigenvalue weighted by atomic mass is 9.94. The van der Waals surface area contributed by atoms with Gasteiger partial charge in [0.15, 0.2) is 5.60 Å². The van der Waals surface area contributed by atoms with Gasteiger partial charge in [-0.25, -0.2) is 4.79 Å². The Morgan fingerprint density at radius 1 is 0.944 bits per heavy atom. The van der Waals surface area contributed by atoms with E-state index in [9.17, 15) is 9.59 Å². The van der Waals surface area contributed by atoms with Crippen LogP contribution in [-0.2, 0) is 35.2 Å². The molecular formula is C30H31N3O3. The number of nitrogens with one attached hydrogen (secondary N) is 3. The van der Waals surface area contributed by atoms with Crippen LogP contribution in [0.4, 0.5) is 4.79 Å². The van der Waals surface area contributed by atoms with Crippen molar-refractivity contribution in [3.05, 3.63) is 107 Å². The summed E-state index contributed by atoms with van der Waals surface area (Å²) in [5, 5.41) is 6.99. The SMILES string of the molecule is CC(Cc1c[nH]c2ccccc12)(OC(=O)NC1Cc2ccccc2C1)C(=O)NCCc1ccccc1. The zero-order chi connectivity index (χ0) is 25.0. The monoisotopic (exact) mass is 481 g/mol. The van der Waals surface area contributed by atoms with E-state index in [1.165, 1.54) is 11.1 Å². The van der Waals surface area contributed by atoms with E-state index in [0.717, 1.165) is 34.9 Å². The van der Waals surface area contributed by atoms with Crippen molar-refractivity contribution in [1.29, 1.82) is 0 Å². The number of ether oxygens (including phenoxy) is 1. The van der Waals surface area contributed by atoms with Crippen LogP contribution in [-0.4, -0.2) is 35.2 Å². The molecule has 1 atom stereocenters. The van der Waals surface area contributed by atoms with Gasteiger partial charge in [-0.05, 0) is 54.5 Å². The predicted molar refractivity (Wildman–Crippen MR) is 141 cm³/mol. The maximum Gasteiger partial charge on any atom is 0.408 e. The Bertz CT molecular complexity index is 1340. The quantitative estimate of drug-likeness (QED) is 0.341. The van der Waals surface area contributed by atoms with Crippen LogP contribution in [0.15, 0.2) is 85.1 Å². The number of H-pyrrole nitrogens is 1. The molecule has 36 heavy (non-hydrogen) atoms. The smallest absolute Gasteiger partial charge is 0.408 e. The fourth-order valence-electron chi connectivity index (χ4n) is 5.02. The lowest BCUT2D eigenvalue weighted by molar-refractivity contribution is -0.138. The van der Waals surface area contributed by atoms with Crippen LogP contribution < -0.4 is 10.6 Å². The molecule has 6 heteroatoms. The number of carbonyl (C=O) groups is 2. The highest BCUT2D eigenvalue weighted by Gasteiger charge is 2.39. The summed E-state index contributed by atoms with van der Waals surface area (Å²) in [5.41, 5.74) is 4.14. The number of hydrogen-bond acceptors (Lipinski definition) is 3. The number of alkyl carbamates (subject to hydrolysis) is 1. The molecule has 6 nitrogen and oxygen atoms in total. The van der Waals surface area contributed by atoms with E-state index in [2.05, 4.69) is 27.8 Å². The molecule has 0 spiro atoms. The fourth-order valence-corrected chi connectivity index (χ4v) is 5.02. The number of amides is 2. The Labute approximate surface area is 211 Å². The molecule has 1 aromatic heterocycles. The molecule has 2 amide bonds. The van der Waals surface area contributed by atoms with Gasteiger partial charge in [0.1, 0.15) is 0 Å². The number of aromatic nitrogens is 1. The molecule has 3 N–H and O–H groups in total. The van der Waals surface area contributed by atoms with Gasteiger partial charge in [0, 0.05) is 36.1 Å². The van der Waals surface area contributed by atoms with Crippen molar-refractivity contribution >= 4 is 22.9 Å². The molecule has 184 valence electrons. The molecule has 0 radical (unpaired) electrons. The molecule has 4 aromatic rings. The number of fused-ring (bicyclic) bond motifs is 2. The largest absolute Gasteiger partial charge is 0.433 e. The topological polar surface area (TPSA) is 83.2 Å². The van der Waals surface area contributed by atoms with Crippen molar-refractivity contribution in [2.75, 3.05) is 6.54 Å². The Hall–Kier alpha value is -4.06. The molecule has 1 heterocycles. The van der Waals surface area contributed by atoms with E-state index in [4.69, 9.17) is 4.74 Å². The lowest BCUT2D eigenvalue weighted by Gasteiger charge is -2.29. The summed E-state index contributed by atoms with van der Waals surface area (Å²) in [4.78, 5) is 29.7. The Balaban J connectivity index is 1.29. The van der Waals surface area contributed by atoms with Crippen molar-refractivity contribution in [3.8, 4) is 0 Å². The summed E-state index contributed by atoms with van der Waals surface area (Å²) in [6, 6.07) is 26.0. The molecule has 0 saturated carbocycles. The third-order valence-corrected chi connectivity index (χ3v) is 6.92. The van der Waals surface area contributed by atoms with E-state index in [1.54, 1.807) is 6.92 Å². The van der Waals surface area contributed by atoms with Crippen molar-refractivity contribution in [3.63, 3.8) is 0 Å². The van der Waals surface area contributed by atoms with Crippen LogP contribution in [0.5, 0.6) is 0 Å². The fraction of sp³-hybridized carbons (Fsp3) is 0.267. The molecule has 1 aliphatic rings. The molecule has 0 bridgehead atoms. The number of rotatable bonds is 8. The van der Waals surface area contributed by atoms with Crippen molar-refractivity contribution in [2.45, 2.75) is 44.2 Å². The Morgan fingerprint density at radius 2 is 1.61 bits per heavy atom. The number of para-hydroxylation sites is 1. The Morgan fingerprint density at radius 3 is 2.36 bits per heavy atom. The summed E-state index contributed by atoms with van der Waals surface area (Å²) in [5.74, 6) is -0.312. The van der Waals surface area contributed by atoms with Crippen LogP contribution in [0.2, 0.25) is 0 Å². The third-order valence-electron chi connectivity index (χ3n) is 6.92. The highest BCUT2D eigenvalue weighted by atomic mass is 16.6. The molecule has 0 saturated heterocycles. The first-order chi connectivity index (χ1) is 17.5. The van der Waals surface area contributed by atoms with Crippen LogP contribution in [0.3, 0.4) is 0 Å². The van der Waals surface area contributed by atoms with Crippen LogP contribution in [0.25, 0.3) is 10.9 Å². The summed E-state index contributed by atoms with van der Waals surface area (Å²) in [6.07, 6.45) is 3.78. The van der Waals surface area contributed by atoms with Gasteiger partial charge in [-0.15, -0.1) is 0 Å². The van der Waals surface area contributed by atoms with Crippen molar-refractivity contribution < 1.29 is 14.3 Å². The van der Waals surface area contributed by atoms with Gasteiger partial charge in [-0.3, -0.25) is 4.79 Å². The average Bonchev–Trinajstić information content (AvgIpc) is 3.48. The first kappa shape index (κ1) is 23.7. The molecule has 1 aliphatic carbocycles. The molecule has 1 unspecified atom stereocenters. The number of carbonyl (C=O) groups excluding carboxylic acids is 2. The second-order valence-electron chi connectivity index (χ2n) is 9.67. The van der Waals surface area contributed by atoms with Crippen LogP contribution in [0.1, 0.15) is 29.2 Å². The molecule has 5 rings (SSSR count). The minimum absolute atomic E-state index is 0.0478. The zero-order valence-corrected chi connectivity index (χ0v) is 20.4. The van der Waals surface area contributed by atoms with Crippen LogP contribution in [0, 0.1) is 0 Å². The second kappa shape index (κ2) is 10.3. The van der Waals surface area contributed by atoms with E-state index >= 15 is 0 Å². The van der Waals surface area contributed by atoms with Gasteiger partial charge in [-0.1, -0.05) is 72.8 Å². The highest BCUT2D eigenvalue weighted by molar-refractivity contribution is 5.89. The maximum absolute atomic E-state index is 13.4. The van der Waals surface area contributed by atoms with Gasteiger partial charge in [0.2, 0.25) is 0 Å². The Kier molecular flexibility index (Phi) is 6.76. The number of hydrogen-bond donors (Lipinski definition) is 3. The first-order valence-electron chi connectivity index (χ1n) is 12.4. The molecule has 3 aromatic carbocycles. The minimum Gasteiger partial charge on any atom is -0.433 e. The predicted octanol–water partition coefficient (Wildman–Crippen LogP) is 4.72. The van der Waals surface area contributed by atoms with Gasteiger partial charge in [0.05, 0.1) is 0 Å². The van der Waals surface area contributed by atoms with Gasteiger partial charge in [0.25, 0.3) is 5.91 Å². The lowest BCUT2D eigenvalue weighted by Crippen LogP contribution is -2.52. The highest BCUT2D eigenvalue weighted by Crippen LogP contribution is 2.26. The van der Waals surface area contributed by atoms with E-state index in [1.807, 2.05) is 72.9 Å². The molecule has 0 aliphatic heterocycles. The first-order valence-corrected chi connectivity index (χ1v) is 12.4. The summed E-state index contributed by atoms with van der Waals surface area (Å²) >= 11 is 0. The number of aromatic amines is 1. The molecular weight excluding hydrogens is 450 g/mol. The number of benzene rings is 3. The van der Waals surface area contributed by atoms with Crippen molar-refractivity contribution in [2.24, 2.45) is 0 Å². The van der Waals surface area contributed by atoms with Gasteiger partial charge in [-0.2, -0.15) is 0 Å². The van der Waals surface area contributed by atoms with Gasteiger partial charge < -0.3 is 20.4 Å². The summed E-state index contributed by atoms with van der Waals surface area (Å²) in [7, 11) is 0. The normalized spacial score (nSPS) is 14.7. The second-order valence-corrected chi connectivity index (χ2v) is 9.67. The summed E-state index contributed by atoms with van der Waals surface area (Å²) in [6.45, 7) is 2.14. The van der Waals surface area contributed by atoms with Gasteiger partial charge >= 0.3 is 6.09 Å². The average molecular weight is 482 g/mol. The summed E-state index contributed by atoms with van der Waals surface area (Å²) < 4.78 is 5.91. The van der Waals surface area contributed by atoms with Crippen molar-refractivity contribution in [1.82, 2.24) is 15.6 Å². The van der Waals surface area contributed by atoms with E-state index in [-0.39, 0.29) is 18.4 Å². The van der Waals surface area contributed by atoms with E-state index in [0.29, 0.717) is 13.0 Å². The molecule has 0 fully saturated rings. The third kappa shape index (κ3) is 5.28. The van der Waals surface area contributed by atoms with E-state index < -0.39 is 11.7 Å². The van der Waals surface area contributed by atoms with Crippen LogP contribution >= 0.6 is 0 Å². The maximum atomic E-state index is 13.4. The minimum atomic E-state index is -1.38.